The molecule has 0 saturated heterocycles. The predicted molar refractivity (Wildman–Crippen MR) is 40.5 cm³/mol. The van der Waals surface area contributed by atoms with Gasteiger partial charge in [-0.15, -0.1) is 0 Å². The lowest BCUT2D eigenvalue weighted by atomic mass is 10.2. The molecule has 0 aromatic carbocycles. The van der Waals surface area contributed by atoms with E-state index in [-0.39, 0.29) is 10.8 Å². The van der Waals surface area contributed by atoms with E-state index in [0.717, 1.165) is 5.57 Å². The summed E-state index contributed by atoms with van der Waals surface area (Å²) in [7, 11) is 0. The maximum atomic E-state index is 8.69. The average Bonchev–Trinajstić information content (AvgIpc) is 1.84. The summed E-state index contributed by atoms with van der Waals surface area (Å²) in [6.45, 7) is 8.46. The summed E-state index contributed by atoms with van der Waals surface area (Å²) in [6.07, 6.45) is 1.56. The molecule has 0 amide bonds. The van der Waals surface area contributed by atoms with Gasteiger partial charge in [0.15, 0.2) is 0 Å². The van der Waals surface area contributed by atoms with Gasteiger partial charge < -0.3 is 5.11 Å². The molecular weight excluding hydrogens is 136 g/mol. The smallest absolute Gasteiger partial charge is 0.127 e. The molecule has 0 aliphatic carbocycles. The second kappa shape index (κ2) is 3.36. The molecule has 2 heteroatoms. The molecule has 0 aromatic heterocycles. The quantitative estimate of drug-likeness (QED) is 0.467. The number of aliphatic hydroxyl groups excluding tert-OH is 1. The van der Waals surface area contributed by atoms with Crippen LogP contribution in [0.4, 0.5) is 0 Å². The first-order valence-electron chi connectivity index (χ1n) is 2.46. The van der Waals surface area contributed by atoms with E-state index in [4.69, 9.17) is 16.7 Å². The van der Waals surface area contributed by atoms with E-state index in [2.05, 4.69) is 13.2 Å². The van der Waals surface area contributed by atoms with Crippen LogP contribution < -0.4 is 0 Å². The summed E-state index contributed by atoms with van der Waals surface area (Å²) in [5.41, 5.74) is 0.726. The lowest BCUT2D eigenvalue weighted by Gasteiger charge is -1.96. The molecule has 0 unspecified atom stereocenters. The Kier molecular flexibility index (Phi) is 3.10. The lowest BCUT2D eigenvalue weighted by molar-refractivity contribution is 0.431. The van der Waals surface area contributed by atoms with Gasteiger partial charge in [-0.3, -0.25) is 0 Å². The maximum absolute atomic E-state index is 8.69. The maximum Gasteiger partial charge on any atom is 0.127 e. The Hall–Kier alpha value is -0.690. The molecule has 0 bridgehead atoms. The number of halogens is 1. The van der Waals surface area contributed by atoms with Gasteiger partial charge in [0.2, 0.25) is 0 Å². The van der Waals surface area contributed by atoms with Crippen LogP contribution in [0.25, 0.3) is 0 Å². The summed E-state index contributed by atoms with van der Waals surface area (Å²) in [5, 5.41) is 8.96. The van der Waals surface area contributed by atoms with Crippen LogP contribution in [-0.4, -0.2) is 5.11 Å². The molecular formula is C7H9ClO. The Morgan fingerprint density at radius 3 is 2.22 bits per heavy atom. The highest BCUT2D eigenvalue weighted by atomic mass is 35.5. The second-order valence-electron chi connectivity index (χ2n) is 1.65. The summed E-state index contributed by atoms with van der Waals surface area (Å²) >= 11 is 5.53. The fourth-order valence-corrected chi connectivity index (χ4v) is 0.394. The molecule has 1 N–H and O–H groups in total. The van der Waals surface area contributed by atoms with Gasteiger partial charge in [0.25, 0.3) is 0 Å². The molecule has 50 valence electrons. The van der Waals surface area contributed by atoms with Crippen LogP contribution in [0.1, 0.15) is 6.92 Å². The number of rotatable bonds is 2. The summed E-state index contributed by atoms with van der Waals surface area (Å²) in [4.78, 5) is 0. The molecule has 0 spiro atoms. The van der Waals surface area contributed by atoms with Crippen molar-refractivity contribution < 1.29 is 5.11 Å². The van der Waals surface area contributed by atoms with E-state index in [0.29, 0.717) is 0 Å². The Morgan fingerprint density at radius 2 is 2.11 bits per heavy atom. The fraction of sp³-hybridized carbons (Fsp3) is 0.143. The highest BCUT2D eigenvalue weighted by Gasteiger charge is 1.96. The molecule has 0 aliphatic rings. The van der Waals surface area contributed by atoms with Crippen molar-refractivity contribution in [3.63, 3.8) is 0 Å². The first-order valence-corrected chi connectivity index (χ1v) is 2.84. The molecule has 0 rings (SSSR count). The third kappa shape index (κ3) is 2.38. The van der Waals surface area contributed by atoms with E-state index < -0.39 is 0 Å². The molecule has 9 heavy (non-hydrogen) atoms. The van der Waals surface area contributed by atoms with Gasteiger partial charge in [0.05, 0.1) is 5.03 Å². The standard InChI is InChI=1S/C7H9ClO/c1-4-5(2)7(8)6(3)9/h4,9H,1,3H2,2H3/b7-5+. The number of aliphatic hydroxyl groups is 1. The van der Waals surface area contributed by atoms with Crippen LogP contribution in [0.5, 0.6) is 0 Å². The van der Waals surface area contributed by atoms with Gasteiger partial charge in [-0.1, -0.05) is 30.8 Å². The number of allylic oxidation sites excluding steroid dienone is 3. The zero-order valence-corrected chi connectivity index (χ0v) is 6.07. The van der Waals surface area contributed by atoms with Crippen molar-refractivity contribution in [1.29, 1.82) is 0 Å². The van der Waals surface area contributed by atoms with Crippen molar-refractivity contribution in [1.82, 2.24) is 0 Å². The van der Waals surface area contributed by atoms with Gasteiger partial charge in [0, 0.05) is 0 Å². The Bertz CT molecular complexity index is 168. The Balaban J connectivity index is 4.47. The molecule has 0 aliphatic heterocycles. The molecule has 0 aromatic rings. The average molecular weight is 145 g/mol. The van der Waals surface area contributed by atoms with E-state index in [1.807, 2.05) is 0 Å². The van der Waals surface area contributed by atoms with Crippen molar-refractivity contribution in [2.45, 2.75) is 6.92 Å². The van der Waals surface area contributed by atoms with Crippen molar-refractivity contribution in [3.05, 3.63) is 35.6 Å². The van der Waals surface area contributed by atoms with Crippen LogP contribution in [0.2, 0.25) is 0 Å². The Morgan fingerprint density at radius 1 is 1.67 bits per heavy atom. The molecule has 0 fully saturated rings. The summed E-state index contributed by atoms with van der Waals surface area (Å²) < 4.78 is 0. The van der Waals surface area contributed by atoms with Crippen molar-refractivity contribution in [2.75, 3.05) is 0 Å². The van der Waals surface area contributed by atoms with E-state index in [1.165, 1.54) is 0 Å². The van der Waals surface area contributed by atoms with E-state index >= 15 is 0 Å². The Labute approximate surface area is 60.0 Å². The molecule has 0 radical (unpaired) electrons. The van der Waals surface area contributed by atoms with Gasteiger partial charge in [-0.2, -0.15) is 0 Å². The molecule has 0 atom stereocenters. The van der Waals surface area contributed by atoms with Gasteiger partial charge in [-0.05, 0) is 12.5 Å². The monoisotopic (exact) mass is 144 g/mol. The fourth-order valence-electron chi connectivity index (χ4n) is 0.317. The molecule has 1 nitrogen and oxygen atoms in total. The van der Waals surface area contributed by atoms with Gasteiger partial charge in [0.1, 0.15) is 5.76 Å². The number of hydrogen-bond donors (Lipinski definition) is 1. The zero-order valence-electron chi connectivity index (χ0n) is 5.32. The highest BCUT2D eigenvalue weighted by molar-refractivity contribution is 6.32. The first-order chi connectivity index (χ1) is 4.09. The minimum absolute atomic E-state index is 0.117. The minimum Gasteiger partial charge on any atom is -0.507 e. The summed E-state index contributed by atoms with van der Waals surface area (Å²) in [5.74, 6) is -0.117. The van der Waals surface area contributed by atoms with Crippen molar-refractivity contribution in [2.24, 2.45) is 0 Å². The normalized spacial score (nSPS) is 12.2. The first kappa shape index (κ1) is 8.31. The van der Waals surface area contributed by atoms with Crippen LogP contribution in [0.15, 0.2) is 35.6 Å². The van der Waals surface area contributed by atoms with Crippen LogP contribution in [0, 0.1) is 0 Å². The SMILES string of the molecule is C=C/C(C)=C(/Cl)C(=C)O. The predicted octanol–water partition coefficient (Wildman–Crippen LogP) is 2.76. The summed E-state index contributed by atoms with van der Waals surface area (Å²) in [6, 6.07) is 0. The van der Waals surface area contributed by atoms with Crippen LogP contribution in [0.3, 0.4) is 0 Å². The largest absolute Gasteiger partial charge is 0.507 e. The number of hydrogen-bond acceptors (Lipinski definition) is 1. The van der Waals surface area contributed by atoms with Crippen LogP contribution >= 0.6 is 11.6 Å². The van der Waals surface area contributed by atoms with Crippen LogP contribution in [-0.2, 0) is 0 Å². The highest BCUT2D eigenvalue weighted by Crippen LogP contribution is 2.15. The van der Waals surface area contributed by atoms with E-state index in [1.54, 1.807) is 13.0 Å². The molecule has 0 saturated carbocycles. The molecule has 0 heterocycles. The third-order valence-electron chi connectivity index (χ3n) is 0.906. The minimum atomic E-state index is -0.117. The van der Waals surface area contributed by atoms with Crippen molar-refractivity contribution in [3.8, 4) is 0 Å². The topological polar surface area (TPSA) is 20.2 Å². The van der Waals surface area contributed by atoms with Gasteiger partial charge >= 0.3 is 0 Å². The van der Waals surface area contributed by atoms with Crippen molar-refractivity contribution >= 4 is 11.6 Å². The lowest BCUT2D eigenvalue weighted by Crippen LogP contribution is -1.80. The third-order valence-corrected chi connectivity index (χ3v) is 1.42. The zero-order chi connectivity index (χ0) is 7.44. The van der Waals surface area contributed by atoms with Gasteiger partial charge in [-0.25, -0.2) is 0 Å². The van der Waals surface area contributed by atoms with E-state index in [9.17, 15) is 0 Å². The second-order valence-corrected chi connectivity index (χ2v) is 2.03.